The molecule has 158 valence electrons. The molecule has 0 bridgehead atoms. The number of primary sulfonamides is 1. The molecule has 6 nitrogen and oxygen atoms in total. The molecule has 0 saturated carbocycles. The Morgan fingerprint density at radius 1 is 1.03 bits per heavy atom. The van der Waals surface area contributed by atoms with Gasteiger partial charge in [-0.2, -0.15) is 13.2 Å². The van der Waals surface area contributed by atoms with Crippen molar-refractivity contribution < 1.29 is 30.7 Å². The Morgan fingerprint density at radius 2 is 1.73 bits per heavy atom. The summed E-state index contributed by atoms with van der Waals surface area (Å²) in [7, 11) is -4.53. The van der Waals surface area contributed by atoms with Gasteiger partial charge in [0.25, 0.3) is 0 Å². The molecule has 0 atom stereocenters. The molecule has 11 heteroatoms. The molecule has 0 spiro atoms. The number of benzene rings is 2. The van der Waals surface area contributed by atoms with Crippen molar-refractivity contribution >= 4 is 15.7 Å². The van der Waals surface area contributed by atoms with E-state index in [0.29, 0.717) is 17.4 Å². The van der Waals surface area contributed by atoms with E-state index in [4.69, 9.17) is 9.88 Å². The number of rotatable bonds is 6. The monoisotopic (exact) mass is 441 g/mol. The fourth-order valence-corrected chi connectivity index (χ4v) is 3.29. The average molecular weight is 441 g/mol. The maximum Gasteiger partial charge on any atom is 0.417 e. The number of hydrogen-bond donors (Lipinski definition) is 2. The van der Waals surface area contributed by atoms with Crippen LogP contribution in [0.3, 0.4) is 0 Å². The Balaban J connectivity index is 1.76. The Morgan fingerprint density at radius 3 is 2.37 bits per heavy atom. The minimum absolute atomic E-state index is 0.0486. The van der Waals surface area contributed by atoms with E-state index in [1.165, 1.54) is 36.5 Å². The van der Waals surface area contributed by atoms with Gasteiger partial charge >= 0.3 is 6.18 Å². The maximum atomic E-state index is 13.2. The molecule has 3 aromatic rings. The first-order valence-corrected chi connectivity index (χ1v) is 9.93. The van der Waals surface area contributed by atoms with Crippen LogP contribution in [0.4, 0.5) is 23.2 Å². The van der Waals surface area contributed by atoms with Gasteiger partial charge in [0.05, 0.1) is 10.5 Å². The first-order chi connectivity index (χ1) is 14.0. The fraction of sp³-hybridized carbons (Fsp3) is 0.105. The highest BCUT2D eigenvalue weighted by Gasteiger charge is 2.36. The molecule has 0 aliphatic rings. The number of ether oxygens (including phenoxy) is 1. The number of halogens is 4. The Labute approximate surface area is 169 Å². The third kappa shape index (κ3) is 5.45. The number of anilines is 1. The summed E-state index contributed by atoms with van der Waals surface area (Å²) >= 11 is 0. The third-order valence-corrected chi connectivity index (χ3v) is 4.89. The zero-order valence-electron chi connectivity index (χ0n) is 15.2. The second-order valence-electron chi connectivity index (χ2n) is 6.17. The van der Waals surface area contributed by atoms with Crippen LogP contribution < -0.4 is 15.2 Å². The van der Waals surface area contributed by atoms with E-state index in [1.54, 1.807) is 12.1 Å². The number of hydrogen-bond acceptors (Lipinski definition) is 5. The van der Waals surface area contributed by atoms with Gasteiger partial charge in [0.1, 0.15) is 11.6 Å². The topological polar surface area (TPSA) is 94.3 Å². The van der Waals surface area contributed by atoms with Crippen LogP contribution >= 0.6 is 0 Å². The second kappa shape index (κ2) is 8.28. The number of nitrogens with two attached hydrogens (primary N) is 1. The molecule has 1 aromatic heterocycles. The summed E-state index contributed by atoms with van der Waals surface area (Å²) in [5.74, 6) is 0.156. The van der Waals surface area contributed by atoms with Crippen LogP contribution in [-0.4, -0.2) is 13.4 Å². The number of alkyl halides is 3. The van der Waals surface area contributed by atoms with Crippen LogP contribution in [0.1, 0.15) is 11.1 Å². The van der Waals surface area contributed by atoms with E-state index in [0.717, 1.165) is 6.07 Å². The fourth-order valence-electron chi connectivity index (χ4n) is 2.55. The van der Waals surface area contributed by atoms with Gasteiger partial charge in [0.15, 0.2) is 0 Å². The van der Waals surface area contributed by atoms with Gasteiger partial charge in [-0.3, -0.25) is 0 Å². The van der Waals surface area contributed by atoms with Gasteiger partial charge in [0.2, 0.25) is 15.9 Å². The Hall–Kier alpha value is -3.18. The van der Waals surface area contributed by atoms with E-state index in [2.05, 4.69) is 10.3 Å². The Kier molecular flexibility index (Phi) is 5.94. The highest BCUT2D eigenvalue weighted by molar-refractivity contribution is 7.89. The van der Waals surface area contributed by atoms with Gasteiger partial charge < -0.3 is 10.1 Å². The largest absolute Gasteiger partial charge is 0.439 e. The normalized spacial score (nSPS) is 11.9. The number of pyridine rings is 1. The molecule has 0 amide bonds. The van der Waals surface area contributed by atoms with Crippen molar-refractivity contribution in [1.82, 2.24) is 4.98 Å². The lowest BCUT2D eigenvalue weighted by Gasteiger charge is -2.14. The number of aromatic nitrogens is 1. The molecule has 0 aliphatic carbocycles. The first-order valence-electron chi connectivity index (χ1n) is 8.39. The van der Waals surface area contributed by atoms with Crippen molar-refractivity contribution in [2.24, 2.45) is 5.14 Å². The summed E-state index contributed by atoms with van der Waals surface area (Å²) < 4.78 is 80.9. The van der Waals surface area contributed by atoms with Gasteiger partial charge in [-0.1, -0.05) is 0 Å². The standard InChI is InChI=1S/C19H15F4N3O3S/c20-13-1-4-15(5-2-13)29-18-9-12(7-8-25-18)11-26-14-3-6-17(30(24,27)28)16(10-14)19(21,22)23/h1-10,26H,11H2,(H2,24,27,28). The van der Waals surface area contributed by atoms with E-state index >= 15 is 0 Å². The van der Waals surface area contributed by atoms with Crippen molar-refractivity contribution in [3.63, 3.8) is 0 Å². The highest BCUT2D eigenvalue weighted by atomic mass is 32.2. The lowest BCUT2D eigenvalue weighted by molar-refractivity contribution is -0.139. The SMILES string of the molecule is NS(=O)(=O)c1ccc(NCc2ccnc(Oc3ccc(F)cc3)c2)cc1C(F)(F)F. The van der Waals surface area contributed by atoms with Crippen LogP contribution in [0.2, 0.25) is 0 Å². The number of nitrogens with one attached hydrogen (secondary N) is 1. The predicted octanol–water partition coefficient (Wildman–Crippen LogP) is 4.29. The molecular weight excluding hydrogens is 426 g/mol. The van der Waals surface area contributed by atoms with Crippen molar-refractivity contribution in [2.45, 2.75) is 17.6 Å². The number of sulfonamides is 1. The molecule has 0 fully saturated rings. The van der Waals surface area contributed by atoms with Gasteiger partial charge in [-0.25, -0.2) is 22.9 Å². The van der Waals surface area contributed by atoms with E-state index in [1.807, 2.05) is 0 Å². The summed E-state index contributed by atoms with van der Waals surface area (Å²) in [5, 5.41) is 7.65. The van der Waals surface area contributed by atoms with Crippen molar-refractivity contribution in [3.8, 4) is 11.6 Å². The molecule has 30 heavy (non-hydrogen) atoms. The molecule has 1 heterocycles. The van der Waals surface area contributed by atoms with E-state index in [-0.39, 0.29) is 18.1 Å². The lowest BCUT2D eigenvalue weighted by atomic mass is 10.2. The van der Waals surface area contributed by atoms with Crippen LogP contribution in [0.15, 0.2) is 65.7 Å². The van der Waals surface area contributed by atoms with Crippen LogP contribution in [-0.2, 0) is 22.7 Å². The van der Waals surface area contributed by atoms with Crippen molar-refractivity contribution in [3.05, 3.63) is 77.7 Å². The quantitative estimate of drug-likeness (QED) is 0.557. The van der Waals surface area contributed by atoms with Gasteiger partial charge in [-0.05, 0) is 54.1 Å². The van der Waals surface area contributed by atoms with E-state index in [9.17, 15) is 26.0 Å². The third-order valence-electron chi connectivity index (χ3n) is 3.92. The Bertz CT molecular complexity index is 1150. The zero-order valence-corrected chi connectivity index (χ0v) is 16.0. The first kappa shape index (κ1) is 21.5. The van der Waals surface area contributed by atoms with E-state index < -0.39 is 32.5 Å². The predicted molar refractivity (Wildman–Crippen MR) is 101 cm³/mol. The second-order valence-corrected chi connectivity index (χ2v) is 7.70. The smallest absolute Gasteiger partial charge is 0.417 e. The zero-order chi connectivity index (χ0) is 21.9. The van der Waals surface area contributed by atoms with Crippen molar-refractivity contribution in [2.75, 3.05) is 5.32 Å². The van der Waals surface area contributed by atoms with Gasteiger partial charge in [-0.15, -0.1) is 0 Å². The van der Waals surface area contributed by atoms with Crippen LogP contribution in [0.25, 0.3) is 0 Å². The summed E-state index contributed by atoms with van der Waals surface area (Å²) in [6, 6.07) is 11.1. The van der Waals surface area contributed by atoms with Crippen LogP contribution in [0.5, 0.6) is 11.6 Å². The average Bonchev–Trinajstić information content (AvgIpc) is 2.67. The van der Waals surface area contributed by atoms with Crippen molar-refractivity contribution in [1.29, 1.82) is 0 Å². The summed E-state index contributed by atoms with van der Waals surface area (Å²) in [6.07, 6.45) is -3.45. The minimum atomic E-state index is -4.90. The highest BCUT2D eigenvalue weighted by Crippen LogP contribution is 2.35. The molecule has 3 N–H and O–H groups in total. The molecule has 0 radical (unpaired) electrons. The summed E-state index contributed by atoms with van der Waals surface area (Å²) in [6.45, 7) is 0.105. The summed E-state index contributed by atoms with van der Waals surface area (Å²) in [5.41, 5.74) is -0.677. The molecular formula is C19H15F4N3O3S. The lowest BCUT2D eigenvalue weighted by Crippen LogP contribution is -2.19. The molecule has 2 aromatic carbocycles. The summed E-state index contributed by atoms with van der Waals surface area (Å²) in [4.78, 5) is 3.02. The van der Waals surface area contributed by atoms with Crippen LogP contribution in [0, 0.1) is 5.82 Å². The molecule has 0 unspecified atom stereocenters. The molecule has 3 rings (SSSR count). The minimum Gasteiger partial charge on any atom is -0.439 e. The molecule has 0 saturated heterocycles. The van der Waals surface area contributed by atoms with Gasteiger partial charge in [0, 0.05) is 24.5 Å². The molecule has 0 aliphatic heterocycles. The number of nitrogens with zero attached hydrogens (tertiary/aromatic N) is 1. The maximum absolute atomic E-state index is 13.2.